The Bertz CT molecular complexity index is 362. The van der Waals surface area contributed by atoms with Gasteiger partial charge in [0.05, 0.1) is 11.8 Å². The number of aliphatic hydroxyl groups is 1. The van der Waals surface area contributed by atoms with Gasteiger partial charge in [-0.25, -0.2) is 0 Å². The molecule has 1 aliphatic rings. The van der Waals surface area contributed by atoms with Crippen LogP contribution in [-0.2, 0) is 17.6 Å². The van der Waals surface area contributed by atoms with E-state index in [1.165, 1.54) is 0 Å². The van der Waals surface area contributed by atoms with Gasteiger partial charge in [0.2, 0.25) is 0 Å². The molecule has 0 bridgehead atoms. The van der Waals surface area contributed by atoms with E-state index in [0.29, 0.717) is 0 Å². The number of rotatable bonds is 1. The summed E-state index contributed by atoms with van der Waals surface area (Å²) >= 11 is -0.995. The second-order valence-corrected chi connectivity index (χ2v) is 5.34. The van der Waals surface area contributed by atoms with E-state index in [9.17, 15) is 9.66 Å². The van der Waals surface area contributed by atoms with Crippen LogP contribution in [0.3, 0.4) is 0 Å². The molecule has 0 aliphatic heterocycles. The molecule has 82 valence electrons. The van der Waals surface area contributed by atoms with Crippen LogP contribution in [0, 0.1) is 6.92 Å². The van der Waals surface area contributed by atoms with Gasteiger partial charge in [0.25, 0.3) is 0 Å². The van der Waals surface area contributed by atoms with Crippen molar-refractivity contribution in [3.05, 3.63) is 23.0 Å². The topological polar surface area (TPSA) is 56.2 Å². The molecule has 1 aromatic heterocycles. The maximum atomic E-state index is 11.6. The molecule has 0 saturated carbocycles. The van der Waals surface area contributed by atoms with Crippen LogP contribution in [0.25, 0.3) is 0 Å². The number of fused-ring (bicyclic) bond motifs is 1. The molecule has 15 heavy (non-hydrogen) atoms. The zero-order valence-corrected chi connectivity index (χ0v) is 9.80. The Morgan fingerprint density at radius 3 is 3.00 bits per heavy atom. The maximum Gasteiger partial charge on any atom is 0.159 e. The summed E-state index contributed by atoms with van der Waals surface area (Å²) < 4.78 is 11.6. The molecule has 4 heteroatoms. The summed E-state index contributed by atoms with van der Waals surface area (Å²) in [5, 5.41) is 9.83. The molecule has 2 unspecified atom stereocenters. The smallest absolute Gasteiger partial charge is 0.159 e. The highest BCUT2D eigenvalue weighted by Gasteiger charge is 2.26. The summed E-state index contributed by atoms with van der Waals surface area (Å²) in [6.07, 6.45) is 3.79. The fourth-order valence-electron chi connectivity index (χ4n) is 2.09. The Labute approximate surface area is 92.7 Å². The second-order valence-electron chi connectivity index (χ2n) is 3.99. The molecule has 0 saturated heterocycles. The zero-order valence-electron chi connectivity index (χ0n) is 8.99. The number of aromatic nitrogens is 1. The van der Waals surface area contributed by atoms with Crippen molar-refractivity contribution in [2.45, 2.75) is 37.2 Å². The molecule has 1 N–H and O–H groups in total. The molecular formula is C11H15NO2S. The van der Waals surface area contributed by atoms with E-state index in [1.54, 1.807) is 6.26 Å². The van der Waals surface area contributed by atoms with Gasteiger partial charge in [-0.05, 0) is 37.4 Å². The zero-order chi connectivity index (χ0) is 11.0. The first kappa shape index (κ1) is 10.9. The van der Waals surface area contributed by atoms with Gasteiger partial charge in [-0.1, -0.05) is 0 Å². The van der Waals surface area contributed by atoms with Crippen molar-refractivity contribution in [2.75, 3.05) is 6.26 Å². The first-order chi connectivity index (χ1) is 7.09. The molecule has 2 atom stereocenters. The van der Waals surface area contributed by atoms with E-state index in [-0.39, 0.29) is 0 Å². The molecule has 0 radical (unpaired) electrons. The lowest BCUT2D eigenvalue weighted by atomic mass is 9.93. The van der Waals surface area contributed by atoms with Crippen LogP contribution >= 0.6 is 0 Å². The fraction of sp³-hybridized carbons (Fsp3) is 0.545. The van der Waals surface area contributed by atoms with Gasteiger partial charge < -0.3 is 9.66 Å². The number of nitrogens with zero attached hydrogens (tertiary/aromatic N) is 1. The van der Waals surface area contributed by atoms with Crippen molar-refractivity contribution in [3.8, 4) is 0 Å². The molecule has 1 aromatic rings. The van der Waals surface area contributed by atoms with Crippen LogP contribution in [0.15, 0.2) is 11.0 Å². The van der Waals surface area contributed by atoms with E-state index in [0.717, 1.165) is 41.1 Å². The third kappa shape index (κ3) is 2.02. The van der Waals surface area contributed by atoms with Gasteiger partial charge in [0, 0.05) is 17.3 Å². The number of aliphatic hydroxyl groups excluding tert-OH is 1. The first-order valence-corrected chi connectivity index (χ1v) is 6.67. The third-order valence-electron chi connectivity index (χ3n) is 2.77. The SMILES string of the molecule is Cc1cc([S+](C)[O-])c2c(n1)C(O)CCC2. The summed E-state index contributed by atoms with van der Waals surface area (Å²) in [6.45, 7) is 1.87. The minimum atomic E-state index is -0.995. The Morgan fingerprint density at radius 1 is 1.60 bits per heavy atom. The predicted octanol–water partition coefficient (Wildman–Crippen LogP) is 1.50. The van der Waals surface area contributed by atoms with Crippen molar-refractivity contribution >= 4 is 11.2 Å². The van der Waals surface area contributed by atoms with Gasteiger partial charge >= 0.3 is 0 Å². The monoisotopic (exact) mass is 225 g/mol. The quantitative estimate of drug-likeness (QED) is 0.737. The van der Waals surface area contributed by atoms with E-state index in [1.807, 2.05) is 13.0 Å². The van der Waals surface area contributed by atoms with E-state index in [4.69, 9.17) is 0 Å². The van der Waals surface area contributed by atoms with Gasteiger partial charge in [-0.3, -0.25) is 4.98 Å². The van der Waals surface area contributed by atoms with Crippen molar-refractivity contribution in [3.63, 3.8) is 0 Å². The molecule has 0 spiro atoms. The van der Waals surface area contributed by atoms with Gasteiger partial charge in [0.1, 0.15) is 6.26 Å². The van der Waals surface area contributed by atoms with Crippen molar-refractivity contribution < 1.29 is 9.66 Å². The number of aryl methyl sites for hydroxylation is 1. The van der Waals surface area contributed by atoms with Crippen LogP contribution < -0.4 is 0 Å². The third-order valence-corrected chi connectivity index (χ3v) is 3.76. The fourth-order valence-corrected chi connectivity index (χ4v) is 2.98. The number of hydrogen-bond donors (Lipinski definition) is 1. The minimum Gasteiger partial charge on any atom is -0.612 e. The Morgan fingerprint density at radius 2 is 2.33 bits per heavy atom. The molecule has 3 nitrogen and oxygen atoms in total. The number of hydrogen-bond acceptors (Lipinski definition) is 3. The summed E-state index contributed by atoms with van der Waals surface area (Å²) in [6, 6.07) is 1.87. The molecule has 0 amide bonds. The minimum absolute atomic E-state index is 0.476. The summed E-state index contributed by atoms with van der Waals surface area (Å²) in [5.41, 5.74) is 2.58. The maximum absolute atomic E-state index is 11.6. The molecular weight excluding hydrogens is 210 g/mol. The lowest BCUT2D eigenvalue weighted by Gasteiger charge is -2.22. The van der Waals surface area contributed by atoms with Gasteiger partial charge in [-0.2, -0.15) is 0 Å². The molecule has 2 rings (SSSR count). The summed E-state index contributed by atoms with van der Waals surface area (Å²) in [7, 11) is 0. The van der Waals surface area contributed by atoms with E-state index >= 15 is 0 Å². The van der Waals surface area contributed by atoms with Crippen molar-refractivity contribution in [2.24, 2.45) is 0 Å². The van der Waals surface area contributed by atoms with Crippen molar-refractivity contribution in [1.29, 1.82) is 0 Å². The van der Waals surface area contributed by atoms with Crippen LogP contribution in [-0.4, -0.2) is 20.9 Å². The van der Waals surface area contributed by atoms with Crippen molar-refractivity contribution in [1.82, 2.24) is 4.98 Å². The average molecular weight is 225 g/mol. The highest BCUT2D eigenvalue weighted by atomic mass is 32.2. The second kappa shape index (κ2) is 4.12. The normalized spacial score (nSPS) is 22.3. The molecule has 0 aromatic carbocycles. The lowest BCUT2D eigenvalue weighted by molar-refractivity contribution is 0.150. The summed E-state index contributed by atoms with van der Waals surface area (Å²) in [5.74, 6) is 0. The first-order valence-electron chi connectivity index (χ1n) is 5.11. The Kier molecular flexibility index (Phi) is 3.00. The van der Waals surface area contributed by atoms with Gasteiger partial charge in [-0.15, -0.1) is 0 Å². The van der Waals surface area contributed by atoms with Crippen LogP contribution in [0.2, 0.25) is 0 Å². The highest BCUT2D eigenvalue weighted by molar-refractivity contribution is 7.90. The van der Waals surface area contributed by atoms with Crippen LogP contribution in [0.5, 0.6) is 0 Å². The number of pyridine rings is 1. The largest absolute Gasteiger partial charge is 0.612 e. The molecule has 0 fully saturated rings. The standard InChI is InChI=1S/C11H15NO2S/c1-7-6-10(15(2)14)8-4-3-5-9(13)11(8)12-7/h6,9,13H,3-5H2,1-2H3. The summed E-state index contributed by atoms with van der Waals surface area (Å²) in [4.78, 5) is 5.20. The Hall–Kier alpha value is -0.580. The predicted molar refractivity (Wildman–Crippen MR) is 59.2 cm³/mol. The van der Waals surface area contributed by atoms with E-state index in [2.05, 4.69) is 4.98 Å². The molecule has 1 heterocycles. The Balaban J connectivity index is 2.57. The highest BCUT2D eigenvalue weighted by Crippen LogP contribution is 2.32. The average Bonchev–Trinajstić information content (AvgIpc) is 2.18. The molecule has 1 aliphatic carbocycles. The van der Waals surface area contributed by atoms with E-state index < -0.39 is 17.3 Å². The van der Waals surface area contributed by atoms with Gasteiger partial charge in [0.15, 0.2) is 4.90 Å². The van der Waals surface area contributed by atoms with Crippen LogP contribution in [0.1, 0.15) is 35.9 Å². The van der Waals surface area contributed by atoms with Crippen LogP contribution in [0.4, 0.5) is 0 Å². The lowest BCUT2D eigenvalue weighted by Crippen LogP contribution is -2.16.